The molecule has 0 aliphatic carbocycles. The number of ether oxygens (including phenoxy) is 1. The summed E-state index contributed by atoms with van der Waals surface area (Å²) in [6, 6.07) is 5.44. The summed E-state index contributed by atoms with van der Waals surface area (Å²) in [7, 11) is 1.62. The third kappa shape index (κ3) is 2.18. The number of rotatable bonds is 2. The van der Waals surface area contributed by atoms with Crippen LogP contribution in [0, 0.1) is 0 Å². The lowest BCUT2D eigenvalue weighted by atomic mass is 10.1. The van der Waals surface area contributed by atoms with Gasteiger partial charge in [0.25, 0.3) is 0 Å². The van der Waals surface area contributed by atoms with Crippen molar-refractivity contribution in [2.45, 2.75) is 0 Å². The molecular weight excluding hydrogens is 291 g/mol. The topological polar surface area (TPSA) is 35.0 Å². The van der Waals surface area contributed by atoms with Gasteiger partial charge in [-0.1, -0.05) is 11.6 Å². The Balaban J connectivity index is 2.63. The summed E-state index contributed by atoms with van der Waals surface area (Å²) in [5.74, 6) is 0.748. The molecule has 0 bridgehead atoms. The highest BCUT2D eigenvalue weighted by atomic mass is 79.9. The summed E-state index contributed by atoms with van der Waals surface area (Å²) >= 11 is 9.39. The third-order valence-corrected chi connectivity index (χ3v) is 3.00. The van der Waals surface area contributed by atoms with E-state index in [-0.39, 0.29) is 0 Å². The standard InChI is InChI=1S/C11H8BrClN2O/c1-16-11-3-2-7(13)4-8(11)9-5-14-15-6-10(9)12/h2-6H,1H3. The fraction of sp³-hybridized carbons (Fsp3) is 0.0909. The highest BCUT2D eigenvalue weighted by molar-refractivity contribution is 9.10. The molecule has 3 nitrogen and oxygen atoms in total. The maximum atomic E-state index is 5.97. The van der Waals surface area contributed by atoms with Crippen LogP contribution in [0.3, 0.4) is 0 Å². The van der Waals surface area contributed by atoms with E-state index >= 15 is 0 Å². The highest BCUT2D eigenvalue weighted by Crippen LogP contribution is 2.35. The van der Waals surface area contributed by atoms with E-state index < -0.39 is 0 Å². The lowest BCUT2D eigenvalue weighted by Crippen LogP contribution is -1.90. The van der Waals surface area contributed by atoms with Crippen LogP contribution in [0.1, 0.15) is 0 Å². The number of hydrogen-bond acceptors (Lipinski definition) is 3. The number of nitrogens with zero attached hydrogens (tertiary/aromatic N) is 2. The van der Waals surface area contributed by atoms with E-state index in [1.165, 1.54) is 0 Å². The first kappa shape index (κ1) is 11.4. The van der Waals surface area contributed by atoms with Crippen LogP contribution >= 0.6 is 27.5 Å². The van der Waals surface area contributed by atoms with E-state index in [1.807, 2.05) is 12.1 Å². The van der Waals surface area contributed by atoms with Crippen molar-refractivity contribution in [1.29, 1.82) is 0 Å². The van der Waals surface area contributed by atoms with Gasteiger partial charge in [0.1, 0.15) is 5.75 Å². The minimum Gasteiger partial charge on any atom is -0.496 e. The molecule has 1 heterocycles. The fourth-order valence-electron chi connectivity index (χ4n) is 1.40. The van der Waals surface area contributed by atoms with Crippen LogP contribution in [-0.2, 0) is 0 Å². The predicted molar refractivity (Wildman–Crippen MR) is 66.7 cm³/mol. The minimum absolute atomic E-state index is 0.652. The molecule has 0 saturated carbocycles. The molecule has 2 aromatic rings. The second-order valence-corrected chi connectivity index (χ2v) is 4.39. The van der Waals surface area contributed by atoms with Gasteiger partial charge >= 0.3 is 0 Å². The molecule has 0 fully saturated rings. The second kappa shape index (κ2) is 4.80. The molecule has 0 aliphatic heterocycles. The van der Waals surface area contributed by atoms with Crippen molar-refractivity contribution in [2.75, 3.05) is 7.11 Å². The van der Waals surface area contributed by atoms with Gasteiger partial charge in [0.05, 0.1) is 19.5 Å². The largest absolute Gasteiger partial charge is 0.496 e. The SMILES string of the molecule is COc1ccc(Cl)cc1-c1cnncc1Br. The van der Waals surface area contributed by atoms with Gasteiger partial charge in [-0.05, 0) is 34.1 Å². The van der Waals surface area contributed by atoms with Gasteiger partial charge in [0, 0.05) is 20.6 Å². The van der Waals surface area contributed by atoms with E-state index in [1.54, 1.807) is 25.6 Å². The molecule has 5 heteroatoms. The molecule has 0 aliphatic rings. The molecule has 16 heavy (non-hydrogen) atoms. The summed E-state index contributed by atoms with van der Waals surface area (Å²) < 4.78 is 6.13. The Morgan fingerprint density at radius 1 is 1.19 bits per heavy atom. The number of hydrogen-bond donors (Lipinski definition) is 0. The van der Waals surface area contributed by atoms with Gasteiger partial charge in [0.15, 0.2) is 0 Å². The van der Waals surface area contributed by atoms with Crippen LogP contribution in [0.5, 0.6) is 5.75 Å². The van der Waals surface area contributed by atoms with Crippen molar-refractivity contribution in [3.8, 4) is 16.9 Å². The average Bonchev–Trinajstić information content (AvgIpc) is 2.29. The summed E-state index contributed by atoms with van der Waals surface area (Å²) in [5, 5.41) is 8.28. The molecule has 0 radical (unpaired) electrons. The summed E-state index contributed by atoms with van der Waals surface area (Å²) in [6.45, 7) is 0. The van der Waals surface area contributed by atoms with Gasteiger partial charge in [0.2, 0.25) is 0 Å². The van der Waals surface area contributed by atoms with Gasteiger partial charge in [-0.15, -0.1) is 0 Å². The highest BCUT2D eigenvalue weighted by Gasteiger charge is 2.10. The first-order chi connectivity index (χ1) is 7.72. The summed E-state index contributed by atoms with van der Waals surface area (Å²) in [4.78, 5) is 0. The van der Waals surface area contributed by atoms with Crippen molar-refractivity contribution in [2.24, 2.45) is 0 Å². The Hall–Kier alpha value is -1.13. The van der Waals surface area contributed by atoms with Gasteiger partial charge in [-0.3, -0.25) is 0 Å². The number of methoxy groups -OCH3 is 1. The average molecular weight is 300 g/mol. The molecule has 0 amide bonds. The van der Waals surface area contributed by atoms with Crippen LogP contribution in [0.15, 0.2) is 35.1 Å². The van der Waals surface area contributed by atoms with Crippen LogP contribution in [0.25, 0.3) is 11.1 Å². The predicted octanol–water partition coefficient (Wildman–Crippen LogP) is 3.57. The quantitative estimate of drug-likeness (QED) is 0.850. The number of benzene rings is 1. The zero-order valence-corrected chi connectivity index (χ0v) is 10.8. The monoisotopic (exact) mass is 298 g/mol. The molecule has 0 N–H and O–H groups in total. The van der Waals surface area contributed by atoms with Crippen LogP contribution in [0.4, 0.5) is 0 Å². The van der Waals surface area contributed by atoms with Crippen LogP contribution < -0.4 is 4.74 Å². The lowest BCUT2D eigenvalue weighted by Gasteiger charge is -2.09. The first-order valence-corrected chi connectivity index (χ1v) is 5.69. The van der Waals surface area contributed by atoms with Crippen LogP contribution in [0.2, 0.25) is 5.02 Å². The van der Waals surface area contributed by atoms with Crippen molar-refractivity contribution < 1.29 is 4.74 Å². The lowest BCUT2D eigenvalue weighted by molar-refractivity contribution is 0.416. The van der Waals surface area contributed by atoms with Crippen molar-refractivity contribution in [3.63, 3.8) is 0 Å². The molecule has 0 unspecified atom stereocenters. The fourth-order valence-corrected chi connectivity index (χ4v) is 1.97. The number of halogens is 2. The Bertz CT molecular complexity index is 519. The Morgan fingerprint density at radius 3 is 2.62 bits per heavy atom. The van der Waals surface area contributed by atoms with Gasteiger partial charge in [-0.25, -0.2) is 0 Å². The summed E-state index contributed by atoms with van der Waals surface area (Å²) in [5.41, 5.74) is 1.78. The maximum absolute atomic E-state index is 5.97. The zero-order valence-electron chi connectivity index (χ0n) is 8.45. The van der Waals surface area contributed by atoms with E-state index in [4.69, 9.17) is 16.3 Å². The van der Waals surface area contributed by atoms with E-state index in [2.05, 4.69) is 26.1 Å². The van der Waals surface area contributed by atoms with E-state index in [0.29, 0.717) is 5.02 Å². The molecule has 0 spiro atoms. The van der Waals surface area contributed by atoms with Crippen molar-refractivity contribution in [3.05, 3.63) is 40.1 Å². The molecule has 0 atom stereocenters. The minimum atomic E-state index is 0.652. The third-order valence-electron chi connectivity index (χ3n) is 2.13. The second-order valence-electron chi connectivity index (χ2n) is 3.10. The molecule has 82 valence electrons. The Kier molecular flexibility index (Phi) is 3.41. The Morgan fingerprint density at radius 2 is 1.94 bits per heavy atom. The number of aromatic nitrogens is 2. The maximum Gasteiger partial charge on any atom is 0.126 e. The Labute approximate surface area is 107 Å². The summed E-state index contributed by atoms with van der Waals surface area (Å²) in [6.07, 6.45) is 3.30. The molecule has 0 saturated heterocycles. The zero-order chi connectivity index (χ0) is 11.5. The van der Waals surface area contributed by atoms with E-state index in [0.717, 1.165) is 21.3 Å². The smallest absolute Gasteiger partial charge is 0.126 e. The molecule has 2 rings (SSSR count). The molecule has 1 aromatic carbocycles. The van der Waals surface area contributed by atoms with Crippen LogP contribution in [-0.4, -0.2) is 17.3 Å². The first-order valence-electron chi connectivity index (χ1n) is 4.52. The normalized spacial score (nSPS) is 10.2. The van der Waals surface area contributed by atoms with Crippen molar-refractivity contribution >= 4 is 27.5 Å². The van der Waals surface area contributed by atoms with Crippen molar-refractivity contribution in [1.82, 2.24) is 10.2 Å². The van der Waals surface area contributed by atoms with Gasteiger partial charge < -0.3 is 4.74 Å². The molecule has 1 aromatic heterocycles. The van der Waals surface area contributed by atoms with Gasteiger partial charge in [-0.2, -0.15) is 10.2 Å². The molecular formula is C11H8BrClN2O. The van der Waals surface area contributed by atoms with E-state index in [9.17, 15) is 0 Å².